The molecule has 0 heterocycles. The summed E-state index contributed by atoms with van der Waals surface area (Å²) < 4.78 is 33.3. The van der Waals surface area contributed by atoms with Crippen LogP contribution < -0.4 is 14.8 Å². The molecule has 0 radical (unpaired) electrons. The fourth-order valence-electron chi connectivity index (χ4n) is 2.91. The first-order chi connectivity index (χ1) is 15.3. The summed E-state index contributed by atoms with van der Waals surface area (Å²) in [5, 5.41) is 3.44. The van der Waals surface area contributed by atoms with E-state index in [1.54, 1.807) is 30.3 Å². The Bertz CT molecular complexity index is 1200. The second kappa shape index (κ2) is 10.8. The quantitative estimate of drug-likeness (QED) is 0.423. The summed E-state index contributed by atoms with van der Waals surface area (Å²) in [5.74, 6) is 1.19. The van der Waals surface area contributed by atoms with E-state index in [1.165, 1.54) is 31.0 Å². The molecule has 0 bridgehead atoms. The van der Waals surface area contributed by atoms with Gasteiger partial charge in [-0.25, -0.2) is 8.42 Å². The third-order valence-electron chi connectivity index (χ3n) is 4.44. The smallest absolute Gasteiger partial charge is 0.262 e. The van der Waals surface area contributed by atoms with Gasteiger partial charge in [0.05, 0.1) is 23.4 Å². The summed E-state index contributed by atoms with van der Waals surface area (Å²) in [4.78, 5) is 12.3. The number of amides is 1. The van der Waals surface area contributed by atoms with Crippen LogP contribution in [0.25, 0.3) is 0 Å². The predicted octanol–water partition coefficient (Wildman–Crippen LogP) is 5.33. The molecule has 9 heteroatoms. The molecule has 0 saturated carbocycles. The second-order valence-corrected chi connectivity index (χ2v) is 10.1. The zero-order chi connectivity index (χ0) is 23.1. The Labute approximate surface area is 197 Å². The van der Waals surface area contributed by atoms with Crippen molar-refractivity contribution < 1.29 is 17.9 Å². The van der Waals surface area contributed by atoms with Crippen LogP contribution in [-0.2, 0) is 20.6 Å². The number of benzene rings is 3. The van der Waals surface area contributed by atoms with Crippen LogP contribution in [0.3, 0.4) is 0 Å². The molecule has 1 amide bonds. The molecule has 3 rings (SSSR count). The molecule has 0 spiro atoms. The van der Waals surface area contributed by atoms with Crippen LogP contribution in [0.1, 0.15) is 11.1 Å². The van der Waals surface area contributed by atoms with Crippen LogP contribution in [-0.4, -0.2) is 27.2 Å². The number of anilines is 2. The largest absolute Gasteiger partial charge is 0.495 e. The highest BCUT2D eigenvalue weighted by atomic mass is 35.5. The highest BCUT2D eigenvalue weighted by Gasteiger charge is 2.17. The van der Waals surface area contributed by atoms with Crippen LogP contribution in [0.2, 0.25) is 5.02 Å². The lowest BCUT2D eigenvalue weighted by molar-refractivity contribution is -0.113. The third kappa shape index (κ3) is 6.66. The molecule has 3 aromatic carbocycles. The van der Waals surface area contributed by atoms with Gasteiger partial charge in [-0.2, -0.15) is 0 Å². The van der Waals surface area contributed by atoms with Crippen LogP contribution in [0.5, 0.6) is 5.75 Å². The van der Waals surface area contributed by atoms with Crippen molar-refractivity contribution >= 4 is 50.7 Å². The van der Waals surface area contributed by atoms with E-state index in [0.717, 1.165) is 11.1 Å². The fourth-order valence-corrected chi connectivity index (χ4v) is 4.96. The molecule has 0 unspecified atom stereocenters. The van der Waals surface area contributed by atoms with Gasteiger partial charge < -0.3 is 10.1 Å². The monoisotopic (exact) mass is 490 g/mol. The third-order valence-corrected chi connectivity index (χ3v) is 7.06. The Balaban J connectivity index is 1.58. The lowest BCUT2D eigenvalue weighted by atomic mass is 10.2. The highest BCUT2D eigenvalue weighted by Crippen LogP contribution is 2.28. The number of carbonyl (C=O) groups excluding carboxylic acids is 1. The molecular weight excluding hydrogens is 468 g/mol. The zero-order valence-electron chi connectivity index (χ0n) is 17.6. The number of nitrogens with one attached hydrogen (secondary N) is 2. The van der Waals surface area contributed by atoms with E-state index in [0.29, 0.717) is 27.9 Å². The number of carbonyl (C=O) groups is 1. The van der Waals surface area contributed by atoms with E-state index in [9.17, 15) is 13.2 Å². The van der Waals surface area contributed by atoms with Crippen molar-refractivity contribution in [2.45, 2.75) is 17.6 Å². The van der Waals surface area contributed by atoms with Gasteiger partial charge in [0.2, 0.25) is 5.91 Å². The molecule has 168 valence electrons. The van der Waals surface area contributed by atoms with Crippen molar-refractivity contribution in [2.24, 2.45) is 0 Å². The predicted molar refractivity (Wildman–Crippen MR) is 131 cm³/mol. The van der Waals surface area contributed by atoms with Gasteiger partial charge in [-0.15, -0.1) is 11.8 Å². The van der Waals surface area contributed by atoms with Crippen LogP contribution in [0.4, 0.5) is 11.4 Å². The molecule has 0 aliphatic rings. The molecule has 0 saturated heterocycles. The van der Waals surface area contributed by atoms with Crippen LogP contribution in [0, 0.1) is 6.92 Å². The summed E-state index contributed by atoms with van der Waals surface area (Å²) >= 11 is 7.43. The van der Waals surface area contributed by atoms with E-state index in [-0.39, 0.29) is 16.6 Å². The Morgan fingerprint density at radius 2 is 1.81 bits per heavy atom. The van der Waals surface area contributed by atoms with E-state index in [1.807, 2.05) is 31.2 Å². The molecule has 0 fully saturated rings. The van der Waals surface area contributed by atoms with Gasteiger partial charge in [-0.3, -0.25) is 9.52 Å². The second-order valence-electron chi connectivity index (χ2n) is 7.00. The molecule has 2 N–H and O–H groups in total. The molecule has 3 aromatic rings. The lowest BCUT2D eigenvalue weighted by Crippen LogP contribution is -2.15. The number of rotatable bonds is 9. The van der Waals surface area contributed by atoms with E-state index >= 15 is 0 Å². The van der Waals surface area contributed by atoms with Gasteiger partial charge in [-0.1, -0.05) is 29.8 Å². The van der Waals surface area contributed by atoms with E-state index in [4.69, 9.17) is 16.3 Å². The number of hydrogen-bond acceptors (Lipinski definition) is 5. The summed E-state index contributed by atoms with van der Waals surface area (Å²) in [6.45, 7) is 1.86. The van der Waals surface area contributed by atoms with Gasteiger partial charge in [-0.05, 0) is 66.6 Å². The summed E-state index contributed by atoms with van der Waals surface area (Å²) in [6, 6.07) is 18.7. The van der Waals surface area contributed by atoms with Crippen molar-refractivity contribution in [1.29, 1.82) is 0 Å². The van der Waals surface area contributed by atoms with Crippen molar-refractivity contribution in [2.75, 3.05) is 22.9 Å². The van der Waals surface area contributed by atoms with Gasteiger partial charge in [0.25, 0.3) is 10.0 Å². The minimum Gasteiger partial charge on any atom is -0.495 e. The lowest BCUT2D eigenvalue weighted by Gasteiger charge is -2.13. The van der Waals surface area contributed by atoms with Crippen LogP contribution >= 0.6 is 23.4 Å². The van der Waals surface area contributed by atoms with Crippen LogP contribution in [0.15, 0.2) is 71.6 Å². The fraction of sp³-hybridized carbons (Fsp3) is 0.174. The average molecular weight is 491 g/mol. The van der Waals surface area contributed by atoms with Gasteiger partial charge in [0.1, 0.15) is 5.75 Å². The number of thioether (sulfide) groups is 1. The number of halogens is 1. The zero-order valence-corrected chi connectivity index (χ0v) is 20.0. The normalized spacial score (nSPS) is 11.1. The summed E-state index contributed by atoms with van der Waals surface area (Å²) in [7, 11) is -2.33. The topological polar surface area (TPSA) is 84.5 Å². The molecular formula is C23H23ClN2O4S2. The number of sulfonamides is 1. The number of ether oxygens (including phenoxy) is 1. The molecule has 0 aromatic heterocycles. The molecule has 6 nitrogen and oxygen atoms in total. The Morgan fingerprint density at radius 3 is 2.50 bits per heavy atom. The number of methoxy groups -OCH3 is 1. The maximum Gasteiger partial charge on any atom is 0.262 e. The first-order valence-corrected chi connectivity index (χ1v) is 12.7. The molecule has 0 atom stereocenters. The molecule has 0 aliphatic carbocycles. The van der Waals surface area contributed by atoms with E-state index < -0.39 is 10.0 Å². The first kappa shape index (κ1) is 24.0. The summed E-state index contributed by atoms with van der Waals surface area (Å²) in [6.07, 6.45) is 0. The Hall–Kier alpha value is -2.68. The van der Waals surface area contributed by atoms with E-state index in [2.05, 4.69) is 10.0 Å². The average Bonchev–Trinajstić information content (AvgIpc) is 2.74. The minimum absolute atomic E-state index is 0.0781. The van der Waals surface area contributed by atoms with Gasteiger partial charge in [0.15, 0.2) is 0 Å². The Kier molecular flexibility index (Phi) is 8.06. The number of aryl methyl sites for hydroxylation is 1. The maximum atomic E-state index is 12.7. The number of hydrogen-bond donors (Lipinski definition) is 2. The van der Waals surface area contributed by atoms with Crippen molar-refractivity contribution in [1.82, 2.24) is 0 Å². The highest BCUT2D eigenvalue weighted by molar-refractivity contribution is 7.99. The minimum atomic E-state index is -3.81. The van der Waals surface area contributed by atoms with Crippen molar-refractivity contribution in [3.8, 4) is 5.75 Å². The molecule has 0 aliphatic heterocycles. The van der Waals surface area contributed by atoms with Crippen molar-refractivity contribution in [3.63, 3.8) is 0 Å². The van der Waals surface area contributed by atoms with Gasteiger partial charge >= 0.3 is 0 Å². The standard InChI is InChI=1S/C23H23ClN2O4S2/c1-16-6-11-22(30-2)21(12-16)26-32(28,29)20-9-7-19(8-10-20)25-23(27)15-31-14-17-4-3-5-18(24)13-17/h3-13,26H,14-15H2,1-2H3,(H,25,27). The first-order valence-electron chi connectivity index (χ1n) is 9.66. The summed E-state index contributed by atoms with van der Waals surface area (Å²) in [5.41, 5.74) is 2.82. The molecule has 32 heavy (non-hydrogen) atoms. The van der Waals surface area contributed by atoms with Crippen molar-refractivity contribution in [3.05, 3.63) is 82.9 Å². The van der Waals surface area contributed by atoms with Gasteiger partial charge in [0, 0.05) is 16.5 Å². The SMILES string of the molecule is COc1ccc(C)cc1NS(=O)(=O)c1ccc(NC(=O)CSCc2cccc(Cl)c2)cc1. The maximum absolute atomic E-state index is 12.7. The Morgan fingerprint density at radius 1 is 1.06 bits per heavy atom.